The van der Waals surface area contributed by atoms with Crippen molar-refractivity contribution in [2.45, 2.75) is 6.18 Å². The second-order valence-corrected chi connectivity index (χ2v) is 6.21. The van der Waals surface area contributed by atoms with Crippen LogP contribution >= 0.6 is 0 Å². The van der Waals surface area contributed by atoms with Crippen LogP contribution < -0.4 is 5.56 Å². The summed E-state index contributed by atoms with van der Waals surface area (Å²) >= 11 is 0. The van der Waals surface area contributed by atoms with Crippen molar-refractivity contribution in [3.8, 4) is 11.4 Å². The van der Waals surface area contributed by atoms with Crippen molar-refractivity contribution in [2.75, 3.05) is 0 Å². The van der Waals surface area contributed by atoms with Gasteiger partial charge in [0, 0.05) is 65.8 Å². The Bertz CT molecular complexity index is 1300. The molecular weight excluding hydrogens is 555 g/mol. The zero-order valence-electron chi connectivity index (χ0n) is 15.6. The Morgan fingerprint density at radius 3 is 2.03 bits per heavy atom. The van der Waals surface area contributed by atoms with E-state index < -0.39 is 28.8 Å². The van der Waals surface area contributed by atoms with Crippen LogP contribution in [0.15, 0.2) is 71.5 Å². The van der Waals surface area contributed by atoms with Gasteiger partial charge in [0.1, 0.15) is 11.3 Å². The van der Waals surface area contributed by atoms with Gasteiger partial charge in [-0.25, -0.2) is 0 Å². The minimum Gasteiger partial charge on any atom is -0.506 e. The van der Waals surface area contributed by atoms with Gasteiger partial charge >= 0.3 is 6.18 Å². The number of carbonyl (C=O) groups excluding carboxylic acids is 1. The summed E-state index contributed by atoms with van der Waals surface area (Å²) < 4.78 is 40.3. The third kappa shape index (κ3) is 4.58. The predicted molar refractivity (Wildman–Crippen MR) is 106 cm³/mol. The van der Waals surface area contributed by atoms with E-state index >= 15 is 0 Å². The maximum atomic E-state index is 13.1. The predicted octanol–water partition coefficient (Wildman–Crippen LogP) is 2.95. The van der Waals surface area contributed by atoms with E-state index in [-0.39, 0.29) is 76.9 Å². The number of hydrogen-bond acceptors (Lipinski definition) is 3. The van der Waals surface area contributed by atoms with Gasteiger partial charge in [-0.15, -0.1) is 0 Å². The first-order valence-corrected chi connectivity index (χ1v) is 8.27. The molecule has 0 atom stereocenters. The molecule has 163 valence electrons. The summed E-state index contributed by atoms with van der Waals surface area (Å²) in [5, 5.41) is 11.7. The van der Waals surface area contributed by atoms with E-state index in [1.54, 1.807) is 60.7 Å². The number of ketones is 1. The molecule has 0 bridgehead atoms. The molecule has 10 heteroatoms. The molecule has 4 aromatic rings. The molecule has 5 N–H and O–H groups in total. The monoisotopic (exact) mass is 572 g/mol. The van der Waals surface area contributed by atoms with Crippen LogP contribution in [-0.2, 0) is 0 Å². The number of Topliss-reactive ketones (excluding diaryl/α,β-unsaturated/α-hetero) is 1. The quantitative estimate of drug-likeness (QED) is 0.294. The summed E-state index contributed by atoms with van der Waals surface area (Å²) in [7, 11) is 0. The third-order valence-electron chi connectivity index (χ3n) is 4.53. The minimum atomic E-state index is -5.30. The van der Waals surface area contributed by atoms with Gasteiger partial charge in [0.15, 0.2) is 0 Å². The second kappa shape index (κ2) is 10.0. The first-order valence-electron chi connectivity index (χ1n) is 8.27. The fourth-order valence-corrected chi connectivity index (χ4v) is 3.31. The van der Waals surface area contributed by atoms with E-state index in [1.807, 2.05) is 0 Å². The number of alkyl halides is 3. The molecule has 0 saturated heterocycles. The van der Waals surface area contributed by atoms with Crippen LogP contribution in [0.1, 0.15) is 10.4 Å². The summed E-state index contributed by atoms with van der Waals surface area (Å²) in [6, 6.07) is 18.0. The number of fused-ring (bicyclic) bond motifs is 3. The van der Waals surface area contributed by atoms with E-state index in [9.17, 15) is 27.9 Å². The molecular formula is C21H16EuF3NO5. The maximum Gasteiger partial charge on any atom is 0.455 e. The summed E-state index contributed by atoms with van der Waals surface area (Å²) in [6.07, 6.45) is -5.30. The van der Waals surface area contributed by atoms with Crippen LogP contribution in [0.3, 0.4) is 0 Å². The Morgan fingerprint density at radius 1 is 0.839 bits per heavy atom. The Kier molecular flexibility index (Phi) is 8.70. The van der Waals surface area contributed by atoms with Crippen LogP contribution in [0.4, 0.5) is 13.2 Å². The number of pyridine rings is 1. The van der Waals surface area contributed by atoms with E-state index in [0.717, 1.165) is 9.95 Å². The number of benzene rings is 3. The topological polar surface area (TPSA) is 122 Å². The molecule has 0 spiro atoms. The standard InChI is InChI=1S/C21H12F3NO3.Eu.2H2O/c22-21(23,24)19(27)16-18(26)15-11-10-12-6-4-5-9-14(12)17(15)25(20(16)28)13-7-2-1-3-8-13;;;/h1-11,26H;;2*1H2. The second-order valence-electron chi connectivity index (χ2n) is 6.21. The molecule has 0 aliphatic heterocycles. The minimum absolute atomic E-state index is 0. The van der Waals surface area contributed by atoms with Crippen molar-refractivity contribution in [1.82, 2.24) is 4.57 Å². The first kappa shape index (κ1) is 26.9. The molecule has 6 nitrogen and oxygen atoms in total. The third-order valence-corrected chi connectivity index (χ3v) is 4.53. The Labute approximate surface area is 214 Å². The normalized spacial score (nSPS) is 10.7. The first-order chi connectivity index (χ1) is 13.3. The Balaban J connectivity index is 0.00000160. The Morgan fingerprint density at radius 2 is 1.42 bits per heavy atom. The number of aromatic nitrogens is 1. The Hall–Kier alpha value is -2.11. The maximum absolute atomic E-state index is 13.1. The average Bonchev–Trinajstić information content (AvgIpc) is 2.68. The van der Waals surface area contributed by atoms with E-state index in [4.69, 9.17) is 0 Å². The zero-order chi connectivity index (χ0) is 20.1. The van der Waals surface area contributed by atoms with Crippen LogP contribution in [0, 0.1) is 49.4 Å². The zero-order valence-corrected chi connectivity index (χ0v) is 18.0. The fraction of sp³-hybridized carbons (Fsp3) is 0.0476. The van der Waals surface area contributed by atoms with Crippen LogP contribution in [0.25, 0.3) is 27.4 Å². The van der Waals surface area contributed by atoms with Crippen LogP contribution in [0.5, 0.6) is 5.75 Å². The molecule has 1 radical (unpaired) electrons. The van der Waals surface area contributed by atoms with Crippen molar-refractivity contribution >= 4 is 27.5 Å². The van der Waals surface area contributed by atoms with Crippen molar-refractivity contribution in [3.63, 3.8) is 0 Å². The van der Waals surface area contributed by atoms with Gasteiger partial charge in [0.2, 0.25) is 0 Å². The number of aromatic hydroxyl groups is 1. The average molecular weight is 571 g/mol. The molecule has 0 aliphatic rings. The number of carbonyl (C=O) groups is 1. The van der Waals surface area contributed by atoms with E-state index in [0.29, 0.717) is 5.39 Å². The largest absolute Gasteiger partial charge is 0.506 e. The molecule has 1 aromatic heterocycles. The summed E-state index contributed by atoms with van der Waals surface area (Å²) in [4.78, 5) is 24.9. The van der Waals surface area contributed by atoms with Gasteiger partial charge < -0.3 is 16.1 Å². The van der Waals surface area contributed by atoms with Crippen LogP contribution in [-0.4, -0.2) is 32.6 Å². The molecule has 3 aromatic carbocycles. The molecule has 0 amide bonds. The van der Waals surface area contributed by atoms with Gasteiger partial charge in [-0.1, -0.05) is 48.5 Å². The van der Waals surface area contributed by atoms with Gasteiger partial charge in [-0.3, -0.25) is 14.2 Å². The van der Waals surface area contributed by atoms with Crippen molar-refractivity contribution < 1.29 is 83.4 Å². The number of hydrogen-bond donors (Lipinski definition) is 1. The summed E-state index contributed by atoms with van der Waals surface area (Å²) in [5.41, 5.74) is -2.01. The molecule has 0 aliphatic carbocycles. The van der Waals surface area contributed by atoms with E-state index in [2.05, 4.69) is 0 Å². The SMILES string of the molecule is O.O.O=C(c1c(O)c2ccc3ccccc3c2n(-c2ccccc2)c1=O)C(F)(F)F.[Eu]. The summed E-state index contributed by atoms with van der Waals surface area (Å²) in [5.74, 6) is -3.35. The van der Waals surface area contributed by atoms with Gasteiger partial charge in [0.05, 0.1) is 5.52 Å². The van der Waals surface area contributed by atoms with Crippen molar-refractivity contribution in [3.05, 3.63) is 82.6 Å². The van der Waals surface area contributed by atoms with Gasteiger partial charge in [-0.05, 0) is 23.6 Å². The van der Waals surface area contributed by atoms with Gasteiger partial charge in [-0.2, -0.15) is 13.2 Å². The van der Waals surface area contributed by atoms with Crippen molar-refractivity contribution in [1.29, 1.82) is 0 Å². The molecule has 31 heavy (non-hydrogen) atoms. The number of para-hydroxylation sites is 1. The number of rotatable bonds is 2. The van der Waals surface area contributed by atoms with E-state index in [1.165, 1.54) is 6.07 Å². The summed E-state index contributed by atoms with van der Waals surface area (Å²) in [6.45, 7) is 0. The molecule has 0 unspecified atom stereocenters. The van der Waals surface area contributed by atoms with Crippen LogP contribution in [0.2, 0.25) is 0 Å². The molecule has 1 heterocycles. The van der Waals surface area contributed by atoms with Gasteiger partial charge in [0.25, 0.3) is 11.3 Å². The molecule has 0 saturated carbocycles. The number of halogens is 3. The smallest absolute Gasteiger partial charge is 0.455 e. The molecule has 4 rings (SSSR count). The van der Waals surface area contributed by atoms with Crippen molar-refractivity contribution in [2.24, 2.45) is 0 Å². The fourth-order valence-electron chi connectivity index (χ4n) is 3.31. The molecule has 0 fully saturated rings. The number of nitrogens with zero attached hydrogens (tertiary/aromatic N) is 1.